The number of amides is 1. The largest absolute Gasteiger partial charge is 0.362 e. The van der Waals surface area contributed by atoms with Crippen LogP contribution in [0.3, 0.4) is 0 Å². The molecule has 104 valence electrons. The predicted molar refractivity (Wildman–Crippen MR) is 78.7 cm³/mol. The summed E-state index contributed by atoms with van der Waals surface area (Å²) >= 11 is 0. The molecule has 2 aromatic heterocycles. The van der Waals surface area contributed by atoms with E-state index < -0.39 is 0 Å². The van der Waals surface area contributed by atoms with Crippen molar-refractivity contribution in [1.29, 1.82) is 0 Å². The zero-order valence-electron chi connectivity index (χ0n) is 11.9. The summed E-state index contributed by atoms with van der Waals surface area (Å²) in [7, 11) is 3.86. The highest BCUT2D eigenvalue weighted by Gasteiger charge is 2.09. The number of aromatic nitrogens is 2. The molecule has 2 heterocycles. The van der Waals surface area contributed by atoms with Crippen molar-refractivity contribution in [2.75, 3.05) is 19.0 Å². The van der Waals surface area contributed by atoms with Crippen LogP contribution < -0.4 is 10.2 Å². The third-order valence-corrected chi connectivity index (χ3v) is 2.90. The fourth-order valence-corrected chi connectivity index (χ4v) is 1.85. The van der Waals surface area contributed by atoms with E-state index in [1.165, 1.54) is 0 Å². The Morgan fingerprint density at radius 3 is 2.70 bits per heavy atom. The highest BCUT2D eigenvalue weighted by molar-refractivity contribution is 5.93. The highest BCUT2D eigenvalue weighted by Crippen LogP contribution is 2.14. The number of carbonyl (C=O) groups excluding carboxylic acids is 1. The van der Waals surface area contributed by atoms with E-state index in [9.17, 15) is 4.79 Å². The Bertz CT molecular complexity index is 593. The van der Waals surface area contributed by atoms with Crippen molar-refractivity contribution in [2.45, 2.75) is 13.5 Å². The molecule has 0 aliphatic heterocycles. The van der Waals surface area contributed by atoms with Gasteiger partial charge in [-0.05, 0) is 25.1 Å². The summed E-state index contributed by atoms with van der Waals surface area (Å²) in [6.45, 7) is 2.33. The molecule has 0 radical (unpaired) electrons. The second-order valence-electron chi connectivity index (χ2n) is 4.75. The van der Waals surface area contributed by atoms with Gasteiger partial charge in [-0.25, -0.2) is 4.98 Å². The zero-order valence-corrected chi connectivity index (χ0v) is 11.9. The van der Waals surface area contributed by atoms with Gasteiger partial charge in [0.15, 0.2) is 0 Å². The zero-order chi connectivity index (χ0) is 14.5. The number of aryl methyl sites for hydroxylation is 1. The maximum absolute atomic E-state index is 12.0. The smallest absolute Gasteiger partial charge is 0.253 e. The lowest BCUT2D eigenvalue weighted by atomic mass is 10.2. The lowest BCUT2D eigenvalue weighted by Gasteiger charge is -2.16. The molecule has 0 fully saturated rings. The van der Waals surface area contributed by atoms with Gasteiger partial charge >= 0.3 is 0 Å². The Balaban J connectivity index is 2.05. The number of carbonyl (C=O) groups is 1. The molecule has 5 heteroatoms. The van der Waals surface area contributed by atoms with Crippen LogP contribution in [0.25, 0.3) is 0 Å². The van der Waals surface area contributed by atoms with Crippen LogP contribution in [0.1, 0.15) is 21.6 Å². The number of hydrogen-bond acceptors (Lipinski definition) is 4. The van der Waals surface area contributed by atoms with Crippen molar-refractivity contribution in [1.82, 2.24) is 15.3 Å². The first-order valence-electron chi connectivity index (χ1n) is 6.40. The Labute approximate surface area is 118 Å². The minimum atomic E-state index is -0.133. The van der Waals surface area contributed by atoms with Crippen LogP contribution >= 0.6 is 0 Å². The average Bonchev–Trinajstić information content (AvgIpc) is 2.45. The van der Waals surface area contributed by atoms with Crippen LogP contribution in [-0.4, -0.2) is 30.0 Å². The molecule has 0 saturated heterocycles. The van der Waals surface area contributed by atoms with Crippen LogP contribution in [0.4, 0.5) is 5.82 Å². The van der Waals surface area contributed by atoms with Crippen molar-refractivity contribution >= 4 is 11.7 Å². The first-order chi connectivity index (χ1) is 9.58. The SMILES string of the molecule is Cc1ccc(C(=O)NCc2cccnc2N(C)C)cn1. The quantitative estimate of drug-likeness (QED) is 0.920. The number of nitrogens with zero attached hydrogens (tertiary/aromatic N) is 3. The van der Waals surface area contributed by atoms with E-state index >= 15 is 0 Å². The van der Waals surface area contributed by atoms with Gasteiger partial charge in [0, 0.05) is 44.3 Å². The second-order valence-corrected chi connectivity index (χ2v) is 4.75. The molecular formula is C15H18N4O. The van der Waals surface area contributed by atoms with E-state index in [2.05, 4.69) is 15.3 Å². The van der Waals surface area contributed by atoms with Crippen molar-refractivity contribution in [3.63, 3.8) is 0 Å². The van der Waals surface area contributed by atoms with Gasteiger partial charge in [-0.2, -0.15) is 0 Å². The summed E-state index contributed by atoms with van der Waals surface area (Å²) in [5.41, 5.74) is 2.43. The first-order valence-corrected chi connectivity index (χ1v) is 6.40. The first kappa shape index (κ1) is 14.0. The van der Waals surface area contributed by atoms with Gasteiger partial charge in [-0.15, -0.1) is 0 Å². The third-order valence-electron chi connectivity index (χ3n) is 2.90. The van der Waals surface area contributed by atoms with Crippen LogP contribution in [0.2, 0.25) is 0 Å². The summed E-state index contributed by atoms with van der Waals surface area (Å²) in [6, 6.07) is 7.41. The Morgan fingerprint density at radius 2 is 2.05 bits per heavy atom. The molecule has 1 amide bonds. The fraction of sp³-hybridized carbons (Fsp3) is 0.267. The topological polar surface area (TPSA) is 58.1 Å². The molecule has 0 aliphatic rings. The number of pyridine rings is 2. The van der Waals surface area contributed by atoms with Gasteiger partial charge < -0.3 is 10.2 Å². The fourth-order valence-electron chi connectivity index (χ4n) is 1.85. The average molecular weight is 270 g/mol. The van der Waals surface area contributed by atoms with Gasteiger partial charge in [0.1, 0.15) is 5.82 Å². The molecule has 5 nitrogen and oxygen atoms in total. The molecule has 0 aliphatic carbocycles. The normalized spacial score (nSPS) is 10.2. The molecule has 0 aromatic carbocycles. The lowest BCUT2D eigenvalue weighted by Crippen LogP contribution is -2.24. The Kier molecular flexibility index (Phi) is 4.30. The van der Waals surface area contributed by atoms with Gasteiger partial charge in [-0.3, -0.25) is 9.78 Å². The van der Waals surface area contributed by atoms with E-state index in [1.54, 1.807) is 18.5 Å². The number of anilines is 1. The molecule has 2 aromatic rings. The van der Waals surface area contributed by atoms with E-state index in [4.69, 9.17) is 0 Å². The number of hydrogen-bond donors (Lipinski definition) is 1. The summed E-state index contributed by atoms with van der Waals surface area (Å²) in [5.74, 6) is 0.723. The van der Waals surface area contributed by atoms with Crippen molar-refractivity contribution in [2.24, 2.45) is 0 Å². The predicted octanol–water partition coefficient (Wildman–Crippen LogP) is 1.78. The molecule has 20 heavy (non-hydrogen) atoms. The van der Waals surface area contributed by atoms with Gasteiger partial charge in [0.25, 0.3) is 5.91 Å². The van der Waals surface area contributed by atoms with E-state index in [1.807, 2.05) is 44.1 Å². The van der Waals surface area contributed by atoms with Crippen molar-refractivity contribution in [3.05, 3.63) is 53.5 Å². The Morgan fingerprint density at radius 1 is 1.25 bits per heavy atom. The Hall–Kier alpha value is -2.43. The van der Waals surface area contributed by atoms with Gasteiger partial charge in [0.05, 0.1) is 5.56 Å². The van der Waals surface area contributed by atoms with E-state index in [0.717, 1.165) is 17.1 Å². The number of nitrogens with one attached hydrogen (secondary N) is 1. The van der Waals surface area contributed by atoms with Crippen LogP contribution in [-0.2, 0) is 6.54 Å². The minimum absolute atomic E-state index is 0.133. The molecule has 0 unspecified atom stereocenters. The molecule has 0 atom stereocenters. The summed E-state index contributed by atoms with van der Waals surface area (Å²) in [4.78, 5) is 22.4. The van der Waals surface area contributed by atoms with Gasteiger partial charge in [-0.1, -0.05) is 6.07 Å². The van der Waals surface area contributed by atoms with Crippen LogP contribution in [0.5, 0.6) is 0 Å². The van der Waals surface area contributed by atoms with E-state index in [-0.39, 0.29) is 5.91 Å². The summed E-state index contributed by atoms with van der Waals surface area (Å²) in [6.07, 6.45) is 3.32. The molecular weight excluding hydrogens is 252 g/mol. The summed E-state index contributed by atoms with van der Waals surface area (Å²) in [5, 5.41) is 2.88. The maximum Gasteiger partial charge on any atom is 0.253 e. The van der Waals surface area contributed by atoms with Crippen molar-refractivity contribution < 1.29 is 4.79 Å². The third kappa shape index (κ3) is 3.32. The molecule has 0 spiro atoms. The monoisotopic (exact) mass is 270 g/mol. The van der Waals surface area contributed by atoms with Crippen LogP contribution in [0.15, 0.2) is 36.7 Å². The minimum Gasteiger partial charge on any atom is -0.362 e. The number of rotatable bonds is 4. The molecule has 0 saturated carbocycles. The van der Waals surface area contributed by atoms with Crippen molar-refractivity contribution in [3.8, 4) is 0 Å². The summed E-state index contributed by atoms with van der Waals surface area (Å²) < 4.78 is 0. The van der Waals surface area contributed by atoms with Crippen LogP contribution in [0, 0.1) is 6.92 Å². The van der Waals surface area contributed by atoms with Gasteiger partial charge in [0.2, 0.25) is 0 Å². The standard InChI is InChI=1S/C15H18N4O/c1-11-6-7-13(10-17-11)15(20)18-9-12-5-4-8-16-14(12)19(2)3/h4-8,10H,9H2,1-3H3,(H,18,20). The highest BCUT2D eigenvalue weighted by atomic mass is 16.1. The lowest BCUT2D eigenvalue weighted by molar-refractivity contribution is 0.0950. The van der Waals surface area contributed by atoms with E-state index in [0.29, 0.717) is 12.1 Å². The second kappa shape index (κ2) is 6.14. The molecule has 2 rings (SSSR count). The molecule has 0 bridgehead atoms. The molecule has 1 N–H and O–H groups in total. The maximum atomic E-state index is 12.0.